The molecular weight excluding hydrogens is 752 g/mol. The second-order valence-corrected chi connectivity index (χ2v) is 15.1. The van der Waals surface area contributed by atoms with E-state index < -0.39 is 86.7 Å². The van der Waals surface area contributed by atoms with Crippen molar-refractivity contribution in [1.82, 2.24) is 0 Å². The quantitative estimate of drug-likeness (QED) is 0.0284. The number of carbonyl (C=O) groups excluding carboxylic acids is 1. The lowest BCUT2D eigenvalue weighted by Gasteiger charge is -2.42. The van der Waals surface area contributed by atoms with Gasteiger partial charge in [-0.1, -0.05) is 101 Å². The number of hydrogen-bond donors (Lipinski definition) is 7. The van der Waals surface area contributed by atoms with Crippen LogP contribution in [-0.2, 0) is 33.2 Å². The van der Waals surface area contributed by atoms with Crippen molar-refractivity contribution in [2.24, 2.45) is 0 Å². The number of rotatable bonds is 32. The molecule has 14 nitrogen and oxygen atoms in total. The molecule has 2 rings (SSSR count). The summed E-state index contributed by atoms with van der Waals surface area (Å²) >= 11 is 0. The largest absolute Gasteiger partial charge is 0.457 e. The summed E-state index contributed by atoms with van der Waals surface area (Å²) in [6.07, 6.45) is 17.7. The minimum Gasteiger partial charge on any atom is -0.457 e. The summed E-state index contributed by atoms with van der Waals surface area (Å²) in [5, 5.41) is 71.8. The standard InChI is InChI=1S/C44H76O14/c1-3-5-7-9-11-13-15-16-17-18-20-22-24-26-28-53-30-33(56-36(46)27-25-23-21-19-14-12-10-8-6-4-2)31-54-43-42(52)40(50)38(48)35(58-43)32-55-44-41(51)39(49)37(47)34(29-45)57-44/h5,7-8,10-11,13,16-17,33-35,37-45,47-52H,3-4,6,9,12,14-15,18-32H2,1-2H3/b7-5-,10-8-,13-11-,17-16-. The molecule has 0 aromatic rings. The van der Waals surface area contributed by atoms with Gasteiger partial charge in [0.05, 0.1) is 26.4 Å². The third kappa shape index (κ3) is 21.5. The van der Waals surface area contributed by atoms with Crippen molar-refractivity contribution in [1.29, 1.82) is 0 Å². The highest BCUT2D eigenvalue weighted by atomic mass is 16.7. The van der Waals surface area contributed by atoms with E-state index in [0.29, 0.717) is 13.0 Å². The molecule has 2 heterocycles. The Morgan fingerprint density at radius 3 is 1.78 bits per heavy atom. The Kier molecular flexibility index (Phi) is 29.4. The molecule has 0 amide bonds. The fraction of sp³-hybridized carbons (Fsp3) is 0.795. The average Bonchev–Trinajstić information content (AvgIpc) is 3.22. The molecule has 2 fully saturated rings. The number of allylic oxidation sites excluding steroid dienone is 8. The number of aliphatic hydroxyl groups excluding tert-OH is 7. The molecule has 0 bridgehead atoms. The molecule has 58 heavy (non-hydrogen) atoms. The molecule has 11 unspecified atom stereocenters. The molecule has 2 aliphatic heterocycles. The summed E-state index contributed by atoms with van der Waals surface area (Å²) in [5.41, 5.74) is 0. The minimum absolute atomic E-state index is 0.0411. The van der Waals surface area contributed by atoms with Crippen molar-refractivity contribution in [2.75, 3.05) is 33.0 Å². The molecule has 0 radical (unpaired) electrons. The number of unbranched alkanes of at least 4 members (excludes halogenated alkanes) is 10. The SMILES string of the molecule is CC/C=C\C/C=C\C/C=C\CCCCCCOCC(COC1OC(COC2OC(CO)C(O)C(O)C2O)C(O)C(O)C1O)OC(=O)CCCCCCC/C=C\CCC. The summed E-state index contributed by atoms with van der Waals surface area (Å²) in [6, 6.07) is 0. The van der Waals surface area contributed by atoms with Crippen molar-refractivity contribution >= 4 is 5.97 Å². The van der Waals surface area contributed by atoms with E-state index in [-0.39, 0.29) is 19.6 Å². The van der Waals surface area contributed by atoms with Crippen LogP contribution >= 0.6 is 0 Å². The molecule has 0 aromatic carbocycles. The number of aliphatic hydroxyl groups is 7. The molecule has 0 spiro atoms. The first-order valence-corrected chi connectivity index (χ1v) is 21.7. The summed E-state index contributed by atoms with van der Waals surface area (Å²) in [7, 11) is 0. The van der Waals surface area contributed by atoms with Crippen molar-refractivity contribution in [3.05, 3.63) is 48.6 Å². The van der Waals surface area contributed by atoms with Crippen molar-refractivity contribution < 1.29 is 69.0 Å². The average molecular weight is 829 g/mol. The zero-order valence-corrected chi connectivity index (χ0v) is 35.0. The fourth-order valence-corrected chi connectivity index (χ4v) is 6.48. The highest BCUT2D eigenvalue weighted by molar-refractivity contribution is 5.69. The van der Waals surface area contributed by atoms with Gasteiger partial charge in [0.2, 0.25) is 0 Å². The predicted molar refractivity (Wildman–Crippen MR) is 219 cm³/mol. The first-order chi connectivity index (χ1) is 28.1. The Balaban J connectivity index is 1.84. The smallest absolute Gasteiger partial charge is 0.306 e. The lowest BCUT2D eigenvalue weighted by Crippen LogP contribution is -2.61. The van der Waals surface area contributed by atoms with E-state index in [9.17, 15) is 40.5 Å². The third-order valence-electron chi connectivity index (χ3n) is 10.1. The zero-order valence-electron chi connectivity index (χ0n) is 35.0. The maximum atomic E-state index is 12.9. The van der Waals surface area contributed by atoms with E-state index in [1.807, 2.05) is 0 Å². The first kappa shape index (κ1) is 52.1. The monoisotopic (exact) mass is 829 g/mol. The maximum absolute atomic E-state index is 12.9. The van der Waals surface area contributed by atoms with Gasteiger partial charge in [-0.15, -0.1) is 0 Å². The number of esters is 1. The van der Waals surface area contributed by atoms with Crippen LogP contribution in [0, 0.1) is 0 Å². The Hall–Kier alpha value is -2.05. The zero-order chi connectivity index (χ0) is 42.4. The summed E-state index contributed by atoms with van der Waals surface area (Å²) in [6.45, 7) is 3.40. The third-order valence-corrected chi connectivity index (χ3v) is 10.1. The van der Waals surface area contributed by atoms with E-state index >= 15 is 0 Å². The van der Waals surface area contributed by atoms with E-state index in [1.165, 1.54) is 0 Å². The van der Waals surface area contributed by atoms with Crippen molar-refractivity contribution in [2.45, 2.75) is 191 Å². The second-order valence-electron chi connectivity index (χ2n) is 15.1. The van der Waals surface area contributed by atoms with Gasteiger partial charge in [0.15, 0.2) is 12.6 Å². The topological polar surface area (TPSA) is 214 Å². The molecule has 0 aromatic heterocycles. The Morgan fingerprint density at radius 1 is 0.586 bits per heavy atom. The van der Waals surface area contributed by atoms with Crippen LogP contribution in [-0.4, -0.2) is 142 Å². The summed E-state index contributed by atoms with van der Waals surface area (Å²) in [5.74, 6) is -0.400. The van der Waals surface area contributed by atoms with Crippen LogP contribution in [0.4, 0.5) is 0 Å². The van der Waals surface area contributed by atoms with Gasteiger partial charge in [-0.2, -0.15) is 0 Å². The normalized spacial score (nSPS) is 28.7. The van der Waals surface area contributed by atoms with Crippen LogP contribution < -0.4 is 0 Å². The van der Waals surface area contributed by atoms with Gasteiger partial charge in [0, 0.05) is 13.0 Å². The van der Waals surface area contributed by atoms with E-state index in [0.717, 1.165) is 96.3 Å². The molecule has 11 atom stereocenters. The maximum Gasteiger partial charge on any atom is 0.306 e. The molecule has 14 heteroatoms. The van der Waals surface area contributed by atoms with Crippen molar-refractivity contribution in [3.63, 3.8) is 0 Å². The van der Waals surface area contributed by atoms with E-state index in [2.05, 4.69) is 62.5 Å². The molecular formula is C44H76O14. The molecule has 7 N–H and O–H groups in total. The first-order valence-electron chi connectivity index (χ1n) is 21.7. The number of carbonyl (C=O) groups is 1. The van der Waals surface area contributed by atoms with Crippen LogP contribution in [0.25, 0.3) is 0 Å². The minimum atomic E-state index is -1.71. The van der Waals surface area contributed by atoms with E-state index in [4.69, 9.17) is 28.4 Å². The van der Waals surface area contributed by atoms with Gasteiger partial charge in [-0.25, -0.2) is 0 Å². The Morgan fingerprint density at radius 2 is 1.12 bits per heavy atom. The Bertz CT molecular complexity index is 1150. The summed E-state index contributed by atoms with van der Waals surface area (Å²) in [4.78, 5) is 12.9. The van der Waals surface area contributed by atoms with Crippen LogP contribution in [0.3, 0.4) is 0 Å². The van der Waals surface area contributed by atoms with Crippen LogP contribution in [0.5, 0.6) is 0 Å². The van der Waals surface area contributed by atoms with Crippen LogP contribution in [0.15, 0.2) is 48.6 Å². The summed E-state index contributed by atoms with van der Waals surface area (Å²) < 4.78 is 34.0. The van der Waals surface area contributed by atoms with Gasteiger partial charge >= 0.3 is 5.97 Å². The highest BCUT2D eigenvalue weighted by Gasteiger charge is 2.47. The highest BCUT2D eigenvalue weighted by Crippen LogP contribution is 2.26. The number of ether oxygens (including phenoxy) is 6. The van der Waals surface area contributed by atoms with Crippen LogP contribution in [0.1, 0.15) is 123 Å². The van der Waals surface area contributed by atoms with Gasteiger partial charge in [-0.05, 0) is 64.2 Å². The Labute approximate surface area is 346 Å². The van der Waals surface area contributed by atoms with Gasteiger partial charge in [-0.3, -0.25) is 4.79 Å². The fourth-order valence-electron chi connectivity index (χ4n) is 6.48. The molecule has 2 saturated heterocycles. The van der Waals surface area contributed by atoms with Gasteiger partial charge in [0.1, 0.15) is 54.9 Å². The lowest BCUT2D eigenvalue weighted by molar-refractivity contribution is -0.332. The number of hydrogen-bond acceptors (Lipinski definition) is 14. The van der Waals surface area contributed by atoms with Crippen molar-refractivity contribution in [3.8, 4) is 0 Å². The van der Waals surface area contributed by atoms with Crippen LogP contribution in [0.2, 0.25) is 0 Å². The van der Waals surface area contributed by atoms with Gasteiger partial charge in [0.25, 0.3) is 0 Å². The van der Waals surface area contributed by atoms with Gasteiger partial charge < -0.3 is 64.2 Å². The molecule has 2 aliphatic rings. The molecule has 0 aliphatic carbocycles. The molecule has 0 saturated carbocycles. The second kappa shape index (κ2) is 32.7. The molecule has 336 valence electrons. The lowest BCUT2D eigenvalue weighted by atomic mass is 9.98. The predicted octanol–water partition coefficient (Wildman–Crippen LogP) is 4.45. The van der Waals surface area contributed by atoms with E-state index in [1.54, 1.807) is 0 Å².